The molecule has 1 N–H and O–H groups in total. The fourth-order valence-electron chi connectivity index (χ4n) is 1.90. The number of nitrogens with one attached hydrogen (secondary N) is 1. The highest BCUT2D eigenvalue weighted by atomic mass is 35.5. The van der Waals surface area contributed by atoms with Crippen molar-refractivity contribution in [3.63, 3.8) is 0 Å². The van der Waals surface area contributed by atoms with E-state index in [0.29, 0.717) is 17.3 Å². The summed E-state index contributed by atoms with van der Waals surface area (Å²) in [6, 6.07) is 7.98. The minimum absolute atomic E-state index is 0.206. The lowest BCUT2D eigenvalue weighted by Gasteiger charge is -2.09. The number of carbonyl (C=O) groups excluding carboxylic acids is 1. The smallest absolute Gasteiger partial charge is 0.276 e. The number of anilines is 1. The Bertz CT molecular complexity index is 725. The summed E-state index contributed by atoms with van der Waals surface area (Å²) in [7, 11) is 0. The van der Waals surface area contributed by atoms with Gasteiger partial charge >= 0.3 is 0 Å². The molecule has 1 amide bonds. The monoisotopic (exact) mass is 305 g/mol. The summed E-state index contributed by atoms with van der Waals surface area (Å²) in [6.45, 7) is 4.28. The first kappa shape index (κ1) is 15.3. The number of hydrogen-bond acceptors (Lipinski definition) is 3. The largest absolute Gasteiger partial charge is 0.320 e. The maximum atomic E-state index is 12.2. The highest BCUT2D eigenvalue weighted by Crippen LogP contribution is 2.19. The minimum atomic E-state index is -0.356. The standard InChI is InChI=1S/C15H16ClN3O2/c1-3-8-19-14(20)7-6-13(18-19)15(21)17-12-5-4-11(16)9-10(12)2/h4-7,9H,3,8H2,1-2H3,(H,17,21). The average molecular weight is 306 g/mol. The predicted molar refractivity (Wildman–Crippen MR) is 82.9 cm³/mol. The SMILES string of the molecule is CCCn1nc(C(=O)Nc2ccc(Cl)cc2C)ccc1=O. The zero-order valence-corrected chi connectivity index (χ0v) is 12.6. The fourth-order valence-corrected chi connectivity index (χ4v) is 2.12. The molecular formula is C15H16ClN3O2. The third kappa shape index (κ3) is 3.70. The number of hydrogen-bond donors (Lipinski definition) is 1. The number of amides is 1. The van der Waals surface area contributed by atoms with E-state index in [9.17, 15) is 9.59 Å². The van der Waals surface area contributed by atoms with Crippen LogP contribution in [0.2, 0.25) is 5.02 Å². The van der Waals surface area contributed by atoms with Gasteiger partial charge in [-0.15, -0.1) is 0 Å². The molecule has 2 rings (SSSR count). The van der Waals surface area contributed by atoms with Crippen molar-refractivity contribution in [2.75, 3.05) is 5.32 Å². The molecule has 0 radical (unpaired) electrons. The van der Waals surface area contributed by atoms with Gasteiger partial charge in [-0.2, -0.15) is 5.10 Å². The molecule has 0 spiro atoms. The first-order valence-electron chi connectivity index (χ1n) is 6.67. The van der Waals surface area contributed by atoms with Crippen molar-refractivity contribution >= 4 is 23.2 Å². The zero-order valence-electron chi connectivity index (χ0n) is 11.9. The van der Waals surface area contributed by atoms with E-state index >= 15 is 0 Å². The van der Waals surface area contributed by atoms with Crippen molar-refractivity contribution < 1.29 is 4.79 Å². The number of benzene rings is 1. The Hall–Kier alpha value is -2.14. The Morgan fingerprint density at radius 3 is 2.76 bits per heavy atom. The van der Waals surface area contributed by atoms with E-state index in [0.717, 1.165) is 12.0 Å². The quantitative estimate of drug-likeness (QED) is 0.944. The van der Waals surface area contributed by atoms with Gasteiger partial charge in [0.2, 0.25) is 0 Å². The Morgan fingerprint density at radius 2 is 2.10 bits per heavy atom. The molecule has 1 heterocycles. The summed E-state index contributed by atoms with van der Waals surface area (Å²) in [5.74, 6) is -0.356. The van der Waals surface area contributed by atoms with Crippen molar-refractivity contribution in [1.29, 1.82) is 0 Å². The summed E-state index contributed by atoms with van der Waals surface area (Å²) in [4.78, 5) is 23.8. The third-order valence-corrected chi connectivity index (χ3v) is 3.21. The van der Waals surface area contributed by atoms with Crippen LogP contribution in [-0.2, 0) is 6.54 Å². The third-order valence-electron chi connectivity index (χ3n) is 2.97. The van der Waals surface area contributed by atoms with Gasteiger partial charge in [-0.25, -0.2) is 4.68 Å². The summed E-state index contributed by atoms with van der Waals surface area (Å²) < 4.78 is 1.30. The van der Waals surface area contributed by atoms with E-state index in [4.69, 9.17) is 11.6 Å². The van der Waals surface area contributed by atoms with Crippen molar-refractivity contribution in [1.82, 2.24) is 9.78 Å². The van der Waals surface area contributed by atoms with E-state index in [-0.39, 0.29) is 17.2 Å². The average Bonchev–Trinajstić information content (AvgIpc) is 2.44. The molecule has 0 bridgehead atoms. The predicted octanol–water partition coefficient (Wildman–Crippen LogP) is 2.87. The second-order valence-electron chi connectivity index (χ2n) is 4.69. The van der Waals surface area contributed by atoms with Gasteiger partial charge in [0.25, 0.3) is 11.5 Å². The number of aromatic nitrogens is 2. The number of carbonyl (C=O) groups is 1. The molecule has 21 heavy (non-hydrogen) atoms. The molecule has 1 aromatic carbocycles. The van der Waals surface area contributed by atoms with E-state index in [1.54, 1.807) is 18.2 Å². The van der Waals surface area contributed by atoms with Gasteiger partial charge < -0.3 is 5.32 Å². The molecule has 0 unspecified atom stereocenters. The van der Waals surface area contributed by atoms with E-state index in [2.05, 4.69) is 10.4 Å². The normalized spacial score (nSPS) is 10.4. The molecule has 0 atom stereocenters. The van der Waals surface area contributed by atoms with Gasteiger partial charge in [-0.1, -0.05) is 18.5 Å². The molecule has 1 aromatic heterocycles. The molecule has 0 saturated carbocycles. The summed E-state index contributed by atoms with van der Waals surface area (Å²) >= 11 is 5.88. The Morgan fingerprint density at radius 1 is 1.33 bits per heavy atom. The van der Waals surface area contributed by atoms with Crippen molar-refractivity contribution in [3.05, 3.63) is 57.0 Å². The molecule has 0 aliphatic heterocycles. The molecule has 2 aromatic rings. The van der Waals surface area contributed by atoms with Crippen molar-refractivity contribution in [2.45, 2.75) is 26.8 Å². The van der Waals surface area contributed by atoms with Crippen LogP contribution in [0.3, 0.4) is 0 Å². The lowest BCUT2D eigenvalue weighted by Crippen LogP contribution is -2.26. The Kier molecular flexibility index (Phi) is 4.75. The van der Waals surface area contributed by atoms with Crippen LogP contribution in [-0.4, -0.2) is 15.7 Å². The molecule has 110 valence electrons. The first-order valence-corrected chi connectivity index (χ1v) is 7.04. The highest BCUT2D eigenvalue weighted by molar-refractivity contribution is 6.30. The van der Waals surface area contributed by atoms with Gasteiger partial charge in [-0.05, 0) is 43.2 Å². The van der Waals surface area contributed by atoms with Gasteiger partial charge in [0.1, 0.15) is 5.69 Å². The molecule has 0 saturated heterocycles. The van der Waals surface area contributed by atoms with Gasteiger partial charge in [0.15, 0.2) is 0 Å². The summed E-state index contributed by atoms with van der Waals surface area (Å²) in [5.41, 5.74) is 1.52. The lowest BCUT2D eigenvalue weighted by molar-refractivity contribution is 0.101. The fraction of sp³-hybridized carbons (Fsp3) is 0.267. The van der Waals surface area contributed by atoms with Crippen molar-refractivity contribution in [3.8, 4) is 0 Å². The van der Waals surface area contributed by atoms with Crippen LogP contribution >= 0.6 is 11.6 Å². The maximum absolute atomic E-state index is 12.2. The second kappa shape index (κ2) is 6.54. The lowest BCUT2D eigenvalue weighted by atomic mass is 10.2. The molecule has 0 fully saturated rings. The van der Waals surface area contributed by atoms with Crippen molar-refractivity contribution in [2.24, 2.45) is 0 Å². The van der Waals surface area contributed by atoms with E-state index < -0.39 is 0 Å². The van der Waals surface area contributed by atoms with Crippen LogP contribution in [0.1, 0.15) is 29.4 Å². The molecule has 0 aliphatic carbocycles. The summed E-state index contributed by atoms with van der Waals surface area (Å²) in [5, 5.41) is 7.45. The van der Waals surface area contributed by atoms with E-state index in [1.165, 1.54) is 16.8 Å². The molecule has 5 nitrogen and oxygen atoms in total. The first-order chi connectivity index (χ1) is 10.0. The van der Waals surface area contributed by atoms with Crippen LogP contribution < -0.4 is 10.9 Å². The number of rotatable bonds is 4. The Balaban J connectivity index is 2.24. The Labute approximate surface area is 127 Å². The molecule has 0 aliphatic rings. The molecular weight excluding hydrogens is 290 g/mol. The number of nitrogens with zero attached hydrogens (tertiary/aromatic N) is 2. The zero-order chi connectivity index (χ0) is 15.4. The summed E-state index contributed by atoms with van der Waals surface area (Å²) in [6.07, 6.45) is 0.772. The van der Waals surface area contributed by atoms with Gasteiger partial charge in [0.05, 0.1) is 0 Å². The van der Waals surface area contributed by atoms with Gasteiger partial charge in [0, 0.05) is 23.3 Å². The van der Waals surface area contributed by atoms with Crippen LogP contribution in [0.15, 0.2) is 35.1 Å². The number of aryl methyl sites for hydroxylation is 2. The van der Waals surface area contributed by atoms with Gasteiger partial charge in [-0.3, -0.25) is 9.59 Å². The van der Waals surface area contributed by atoms with Crippen LogP contribution in [0, 0.1) is 6.92 Å². The maximum Gasteiger partial charge on any atom is 0.276 e. The molecule has 6 heteroatoms. The minimum Gasteiger partial charge on any atom is -0.320 e. The highest BCUT2D eigenvalue weighted by Gasteiger charge is 2.11. The van der Waals surface area contributed by atoms with E-state index in [1.807, 2.05) is 13.8 Å². The van der Waals surface area contributed by atoms with Crippen LogP contribution in [0.5, 0.6) is 0 Å². The number of halogens is 1. The second-order valence-corrected chi connectivity index (χ2v) is 5.13. The topological polar surface area (TPSA) is 64.0 Å². The van der Waals surface area contributed by atoms with Crippen LogP contribution in [0.25, 0.3) is 0 Å². The van der Waals surface area contributed by atoms with Crippen LogP contribution in [0.4, 0.5) is 5.69 Å².